The van der Waals surface area contributed by atoms with Crippen LogP contribution in [0.5, 0.6) is 0 Å². The van der Waals surface area contributed by atoms with E-state index in [-0.39, 0.29) is 0 Å². The Balaban J connectivity index is 1.61. The number of rotatable bonds is 6. The van der Waals surface area contributed by atoms with E-state index in [4.69, 9.17) is 0 Å². The van der Waals surface area contributed by atoms with Crippen LogP contribution in [0.1, 0.15) is 44.3 Å². The Kier molecular flexibility index (Phi) is 4.16. The summed E-state index contributed by atoms with van der Waals surface area (Å²) in [5.74, 6) is 0. The van der Waals surface area contributed by atoms with Gasteiger partial charge in [-0.1, -0.05) is 6.92 Å². The molecule has 5 nitrogen and oxygen atoms in total. The molecule has 0 saturated heterocycles. The molecule has 2 unspecified atom stereocenters. The maximum Gasteiger partial charge on any atom is 0.0949 e. The largest absolute Gasteiger partial charge is 0.333 e. The van der Waals surface area contributed by atoms with Crippen molar-refractivity contribution < 1.29 is 0 Å². The molecule has 1 saturated carbocycles. The Hall–Kier alpha value is -1.62. The van der Waals surface area contributed by atoms with Gasteiger partial charge in [0.25, 0.3) is 0 Å². The summed E-state index contributed by atoms with van der Waals surface area (Å²) < 4.78 is 4.49. The molecule has 0 spiro atoms. The highest BCUT2D eigenvalue weighted by Crippen LogP contribution is 2.30. The van der Waals surface area contributed by atoms with Gasteiger partial charge in [-0.3, -0.25) is 0 Å². The lowest BCUT2D eigenvalue weighted by Gasteiger charge is -2.22. The molecule has 20 heavy (non-hydrogen) atoms. The number of hydrogen-bond donors (Lipinski definition) is 1. The molecular formula is C15H23N5. The molecule has 0 bridgehead atoms. The first-order valence-electron chi connectivity index (χ1n) is 7.58. The number of aryl methyl sites for hydroxylation is 1. The quantitative estimate of drug-likeness (QED) is 0.879. The highest BCUT2D eigenvalue weighted by molar-refractivity contribution is 5.00. The minimum Gasteiger partial charge on any atom is -0.333 e. The SMILES string of the molecule is CCCn1cncc1CNC1CCCC1n1ccnc1. The van der Waals surface area contributed by atoms with Crippen molar-refractivity contribution in [1.82, 2.24) is 24.4 Å². The summed E-state index contributed by atoms with van der Waals surface area (Å²) in [6, 6.07) is 1.08. The third-order valence-electron chi connectivity index (χ3n) is 4.20. The minimum atomic E-state index is 0.536. The van der Waals surface area contributed by atoms with Crippen molar-refractivity contribution in [3.05, 3.63) is 36.9 Å². The Bertz CT molecular complexity index is 516. The maximum absolute atomic E-state index is 4.26. The summed E-state index contributed by atoms with van der Waals surface area (Å²) in [7, 11) is 0. The van der Waals surface area contributed by atoms with Gasteiger partial charge in [-0.25, -0.2) is 9.97 Å². The van der Waals surface area contributed by atoms with Gasteiger partial charge in [-0.05, 0) is 25.7 Å². The number of nitrogens with zero attached hydrogens (tertiary/aromatic N) is 4. The molecule has 5 heteroatoms. The van der Waals surface area contributed by atoms with Crippen LogP contribution in [0, 0.1) is 0 Å². The predicted molar refractivity (Wildman–Crippen MR) is 78.3 cm³/mol. The fraction of sp³-hybridized carbons (Fsp3) is 0.600. The topological polar surface area (TPSA) is 47.7 Å². The van der Waals surface area contributed by atoms with Crippen LogP contribution in [0.2, 0.25) is 0 Å². The van der Waals surface area contributed by atoms with Gasteiger partial charge in [0.05, 0.1) is 18.3 Å². The number of nitrogens with one attached hydrogen (secondary N) is 1. The molecule has 1 N–H and O–H groups in total. The lowest BCUT2D eigenvalue weighted by atomic mass is 10.1. The maximum atomic E-state index is 4.26. The summed E-state index contributed by atoms with van der Waals surface area (Å²) in [6.45, 7) is 4.14. The van der Waals surface area contributed by atoms with E-state index in [1.807, 2.05) is 25.0 Å². The van der Waals surface area contributed by atoms with Gasteiger partial charge in [0.2, 0.25) is 0 Å². The fourth-order valence-corrected chi connectivity index (χ4v) is 3.17. The van der Waals surface area contributed by atoms with E-state index < -0.39 is 0 Å². The van der Waals surface area contributed by atoms with Gasteiger partial charge in [-0.15, -0.1) is 0 Å². The minimum absolute atomic E-state index is 0.536. The third kappa shape index (κ3) is 2.77. The highest BCUT2D eigenvalue weighted by Gasteiger charge is 2.27. The molecule has 2 heterocycles. The summed E-state index contributed by atoms with van der Waals surface area (Å²) in [5, 5.41) is 3.71. The number of aromatic nitrogens is 4. The molecule has 0 radical (unpaired) electrons. The summed E-state index contributed by atoms with van der Waals surface area (Å²) in [4.78, 5) is 8.43. The smallest absolute Gasteiger partial charge is 0.0949 e. The summed E-state index contributed by atoms with van der Waals surface area (Å²) >= 11 is 0. The first-order chi connectivity index (χ1) is 9.88. The standard InChI is InChI=1S/C15H23N5/c1-2-7-19-12-17-9-13(19)10-18-14-4-3-5-15(14)20-8-6-16-11-20/h6,8-9,11-12,14-15,18H,2-5,7,10H2,1H3. The lowest BCUT2D eigenvalue weighted by Crippen LogP contribution is -2.33. The van der Waals surface area contributed by atoms with Gasteiger partial charge in [-0.2, -0.15) is 0 Å². The van der Waals surface area contributed by atoms with Crippen LogP contribution in [-0.2, 0) is 13.1 Å². The van der Waals surface area contributed by atoms with Gasteiger partial charge in [0.15, 0.2) is 0 Å². The van der Waals surface area contributed by atoms with Crippen molar-refractivity contribution in [2.24, 2.45) is 0 Å². The molecule has 2 aromatic rings. The lowest BCUT2D eigenvalue weighted by molar-refractivity contribution is 0.386. The molecule has 2 atom stereocenters. The van der Waals surface area contributed by atoms with E-state index in [1.165, 1.54) is 25.0 Å². The van der Waals surface area contributed by atoms with E-state index in [0.29, 0.717) is 12.1 Å². The van der Waals surface area contributed by atoms with Crippen LogP contribution in [0.4, 0.5) is 0 Å². The molecule has 0 aromatic carbocycles. The van der Waals surface area contributed by atoms with E-state index in [1.54, 1.807) is 0 Å². The van der Waals surface area contributed by atoms with Crippen molar-refractivity contribution in [3.63, 3.8) is 0 Å². The molecule has 108 valence electrons. The number of hydrogen-bond acceptors (Lipinski definition) is 3. The zero-order valence-corrected chi connectivity index (χ0v) is 12.1. The van der Waals surface area contributed by atoms with Gasteiger partial charge in [0.1, 0.15) is 0 Å². The van der Waals surface area contributed by atoms with Crippen molar-refractivity contribution in [1.29, 1.82) is 0 Å². The molecular weight excluding hydrogens is 250 g/mol. The normalized spacial score (nSPS) is 22.4. The fourth-order valence-electron chi connectivity index (χ4n) is 3.17. The summed E-state index contributed by atoms with van der Waals surface area (Å²) in [5.41, 5.74) is 1.28. The van der Waals surface area contributed by atoms with Crippen molar-refractivity contribution in [2.45, 2.75) is 57.8 Å². The van der Waals surface area contributed by atoms with Crippen LogP contribution in [0.15, 0.2) is 31.2 Å². The third-order valence-corrected chi connectivity index (χ3v) is 4.20. The van der Waals surface area contributed by atoms with E-state index in [0.717, 1.165) is 19.5 Å². The second kappa shape index (κ2) is 6.22. The summed E-state index contributed by atoms with van der Waals surface area (Å²) in [6.07, 6.45) is 14.7. The van der Waals surface area contributed by atoms with E-state index >= 15 is 0 Å². The monoisotopic (exact) mass is 273 g/mol. The van der Waals surface area contributed by atoms with Crippen molar-refractivity contribution in [3.8, 4) is 0 Å². The molecule has 1 aliphatic rings. The van der Waals surface area contributed by atoms with Crippen LogP contribution in [0.3, 0.4) is 0 Å². The molecule has 1 fully saturated rings. The van der Waals surface area contributed by atoms with Crippen LogP contribution in [-0.4, -0.2) is 25.1 Å². The van der Waals surface area contributed by atoms with E-state index in [2.05, 4.69) is 37.5 Å². The van der Waals surface area contributed by atoms with Gasteiger partial charge >= 0.3 is 0 Å². The van der Waals surface area contributed by atoms with Gasteiger partial charge in [0, 0.05) is 43.8 Å². The Morgan fingerprint density at radius 2 is 2.25 bits per heavy atom. The highest BCUT2D eigenvalue weighted by atomic mass is 15.1. The van der Waals surface area contributed by atoms with E-state index in [9.17, 15) is 0 Å². The van der Waals surface area contributed by atoms with Crippen LogP contribution >= 0.6 is 0 Å². The Labute approximate surface area is 120 Å². The second-order valence-electron chi connectivity index (χ2n) is 5.57. The zero-order valence-electron chi connectivity index (χ0n) is 12.1. The first kappa shape index (κ1) is 13.4. The Morgan fingerprint density at radius 3 is 3.05 bits per heavy atom. The van der Waals surface area contributed by atoms with Crippen molar-refractivity contribution >= 4 is 0 Å². The average molecular weight is 273 g/mol. The molecule has 1 aliphatic carbocycles. The Morgan fingerprint density at radius 1 is 1.30 bits per heavy atom. The molecule has 0 aliphatic heterocycles. The average Bonchev–Trinajstić information content (AvgIpc) is 3.18. The van der Waals surface area contributed by atoms with Crippen LogP contribution in [0.25, 0.3) is 0 Å². The zero-order chi connectivity index (χ0) is 13.8. The van der Waals surface area contributed by atoms with Crippen molar-refractivity contribution in [2.75, 3.05) is 0 Å². The molecule has 0 amide bonds. The first-order valence-corrected chi connectivity index (χ1v) is 7.58. The number of imidazole rings is 2. The van der Waals surface area contributed by atoms with Crippen LogP contribution < -0.4 is 5.32 Å². The molecule has 3 rings (SSSR count). The second-order valence-corrected chi connectivity index (χ2v) is 5.57. The molecule has 2 aromatic heterocycles. The van der Waals surface area contributed by atoms with Gasteiger partial charge < -0.3 is 14.5 Å². The predicted octanol–water partition coefficient (Wildman–Crippen LogP) is 2.37.